The minimum Gasteiger partial charge on any atom is -0.387 e. The van der Waals surface area contributed by atoms with E-state index in [2.05, 4.69) is 45.0 Å². The third-order valence-electron chi connectivity index (χ3n) is 2.89. The van der Waals surface area contributed by atoms with Gasteiger partial charge in [-0.05, 0) is 47.0 Å². The van der Waals surface area contributed by atoms with Gasteiger partial charge in [-0.1, -0.05) is 28.1 Å². The average molecular weight is 326 g/mol. The molecule has 2 nitrogen and oxygen atoms in total. The normalized spacial score (nSPS) is 14.4. The van der Waals surface area contributed by atoms with Crippen LogP contribution >= 0.6 is 27.3 Å². The van der Waals surface area contributed by atoms with E-state index in [1.165, 1.54) is 5.56 Å². The second-order valence-electron chi connectivity index (χ2n) is 4.26. The predicted molar refractivity (Wildman–Crippen MR) is 79.8 cm³/mol. The molecule has 0 radical (unpaired) electrons. The summed E-state index contributed by atoms with van der Waals surface area (Å²) < 4.78 is 0.991. The van der Waals surface area contributed by atoms with Gasteiger partial charge < -0.3 is 10.4 Å². The zero-order chi connectivity index (χ0) is 13.0. The lowest BCUT2D eigenvalue weighted by molar-refractivity contribution is 0.171. The van der Waals surface area contributed by atoms with E-state index in [1.807, 2.05) is 24.3 Å². The largest absolute Gasteiger partial charge is 0.387 e. The van der Waals surface area contributed by atoms with Crippen LogP contribution in [0.25, 0.3) is 0 Å². The SMILES string of the molecule is CC(NCC(O)c1cccc(Br)c1)c1ccsc1. The van der Waals surface area contributed by atoms with E-state index in [0.29, 0.717) is 6.54 Å². The van der Waals surface area contributed by atoms with Crippen LogP contribution in [0.1, 0.15) is 30.2 Å². The molecule has 0 aliphatic carbocycles. The summed E-state index contributed by atoms with van der Waals surface area (Å²) in [4.78, 5) is 0. The van der Waals surface area contributed by atoms with Gasteiger partial charge in [-0.25, -0.2) is 0 Å². The number of aliphatic hydroxyl groups excluding tert-OH is 1. The molecule has 2 rings (SSSR count). The molecule has 0 amide bonds. The van der Waals surface area contributed by atoms with Gasteiger partial charge in [-0.15, -0.1) is 0 Å². The molecule has 2 atom stereocenters. The zero-order valence-corrected chi connectivity index (χ0v) is 12.5. The van der Waals surface area contributed by atoms with Crippen molar-refractivity contribution in [1.82, 2.24) is 5.32 Å². The van der Waals surface area contributed by atoms with E-state index < -0.39 is 6.10 Å². The molecule has 0 fully saturated rings. The highest BCUT2D eigenvalue weighted by Gasteiger charge is 2.10. The van der Waals surface area contributed by atoms with Crippen molar-refractivity contribution in [2.75, 3.05) is 6.54 Å². The van der Waals surface area contributed by atoms with E-state index in [1.54, 1.807) is 11.3 Å². The smallest absolute Gasteiger partial charge is 0.0914 e. The number of rotatable bonds is 5. The van der Waals surface area contributed by atoms with E-state index >= 15 is 0 Å². The van der Waals surface area contributed by atoms with Gasteiger partial charge in [0.1, 0.15) is 0 Å². The van der Waals surface area contributed by atoms with E-state index in [9.17, 15) is 5.11 Å². The van der Waals surface area contributed by atoms with Crippen LogP contribution in [0.4, 0.5) is 0 Å². The summed E-state index contributed by atoms with van der Waals surface area (Å²) in [6.45, 7) is 2.66. The Balaban J connectivity index is 1.90. The van der Waals surface area contributed by atoms with Gasteiger partial charge in [0.2, 0.25) is 0 Å². The molecule has 1 aromatic carbocycles. The first-order chi connectivity index (χ1) is 8.66. The molecular weight excluding hydrogens is 310 g/mol. The van der Waals surface area contributed by atoms with Crippen LogP contribution in [0.15, 0.2) is 45.6 Å². The highest BCUT2D eigenvalue weighted by Crippen LogP contribution is 2.20. The summed E-state index contributed by atoms with van der Waals surface area (Å²) >= 11 is 5.10. The Bertz CT molecular complexity index is 486. The first-order valence-electron chi connectivity index (χ1n) is 5.86. The highest BCUT2D eigenvalue weighted by molar-refractivity contribution is 9.10. The van der Waals surface area contributed by atoms with Crippen LogP contribution in [0.2, 0.25) is 0 Å². The minimum absolute atomic E-state index is 0.262. The number of nitrogens with one attached hydrogen (secondary N) is 1. The van der Waals surface area contributed by atoms with Crippen molar-refractivity contribution in [3.63, 3.8) is 0 Å². The Hall–Kier alpha value is -0.680. The van der Waals surface area contributed by atoms with E-state index in [4.69, 9.17) is 0 Å². The van der Waals surface area contributed by atoms with Gasteiger partial charge in [0, 0.05) is 17.1 Å². The number of benzene rings is 1. The maximum Gasteiger partial charge on any atom is 0.0914 e. The Morgan fingerprint density at radius 1 is 1.33 bits per heavy atom. The van der Waals surface area contributed by atoms with Gasteiger partial charge in [-0.2, -0.15) is 11.3 Å². The molecule has 96 valence electrons. The van der Waals surface area contributed by atoms with Gasteiger partial charge in [0.05, 0.1) is 6.10 Å². The highest BCUT2D eigenvalue weighted by atomic mass is 79.9. The lowest BCUT2D eigenvalue weighted by Gasteiger charge is -2.17. The third-order valence-corrected chi connectivity index (χ3v) is 4.09. The van der Waals surface area contributed by atoms with Crippen molar-refractivity contribution in [3.05, 3.63) is 56.7 Å². The standard InChI is InChI=1S/C14H16BrNOS/c1-10(12-5-6-18-9-12)16-8-14(17)11-3-2-4-13(15)7-11/h2-7,9-10,14,16-17H,8H2,1H3. The topological polar surface area (TPSA) is 32.3 Å². The average Bonchev–Trinajstić information content (AvgIpc) is 2.89. The second-order valence-corrected chi connectivity index (χ2v) is 5.95. The summed E-state index contributed by atoms with van der Waals surface area (Å²) in [6, 6.07) is 10.1. The maximum atomic E-state index is 10.1. The fourth-order valence-electron chi connectivity index (χ4n) is 1.76. The first-order valence-corrected chi connectivity index (χ1v) is 7.59. The molecule has 0 saturated heterocycles. The first kappa shape index (κ1) is 13.7. The van der Waals surface area contributed by atoms with E-state index in [-0.39, 0.29) is 6.04 Å². The van der Waals surface area contributed by atoms with Crippen molar-refractivity contribution in [3.8, 4) is 0 Å². The van der Waals surface area contributed by atoms with Crippen LogP contribution in [0.5, 0.6) is 0 Å². The summed E-state index contributed by atoms with van der Waals surface area (Å²) in [5.41, 5.74) is 2.19. The van der Waals surface area contributed by atoms with Gasteiger partial charge in [0.25, 0.3) is 0 Å². The predicted octanol–water partition coefficient (Wildman–Crippen LogP) is 3.89. The molecule has 2 unspecified atom stereocenters. The Kier molecular flexibility index (Phi) is 4.95. The number of thiophene rings is 1. The zero-order valence-electron chi connectivity index (χ0n) is 10.1. The van der Waals surface area contributed by atoms with Crippen molar-refractivity contribution >= 4 is 27.3 Å². The summed E-state index contributed by atoms with van der Waals surface area (Å²) in [7, 11) is 0. The molecule has 4 heteroatoms. The number of aliphatic hydroxyl groups is 1. The van der Waals surface area contributed by atoms with Gasteiger partial charge in [0.15, 0.2) is 0 Å². The fraction of sp³-hybridized carbons (Fsp3) is 0.286. The molecule has 1 aromatic heterocycles. The summed E-state index contributed by atoms with van der Waals surface area (Å²) in [5.74, 6) is 0. The molecule has 18 heavy (non-hydrogen) atoms. The second kappa shape index (κ2) is 6.48. The van der Waals surface area contributed by atoms with Crippen LogP contribution in [-0.4, -0.2) is 11.7 Å². The molecular formula is C14H16BrNOS. The van der Waals surface area contributed by atoms with E-state index in [0.717, 1.165) is 10.0 Å². The van der Waals surface area contributed by atoms with Gasteiger partial charge >= 0.3 is 0 Å². The molecule has 0 saturated carbocycles. The molecule has 2 aromatic rings. The minimum atomic E-state index is -0.483. The number of halogens is 1. The molecule has 2 N–H and O–H groups in total. The summed E-state index contributed by atoms with van der Waals surface area (Å²) in [6.07, 6.45) is -0.483. The quantitative estimate of drug-likeness (QED) is 0.873. The van der Waals surface area contributed by atoms with Crippen LogP contribution in [0, 0.1) is 0 Å². The molecule has 0 aliphatic heterocycles. The molecule has 0 aliphatic rings. The van der Waals surface area contributed by atoms with Crippen molar-refractivity contribution in [2.24, 2.45) is 0 Å². The molecule has 0 spiro atoms. The monoisotopic (exact) mass is 325 g/mol. The lowest BCUT2D eigenvalue weighted by Crippen LogP contribution is -2.24. The van der Waals surface area contributed by atoms with Crippen molar-refractivity contribution < 1.29 is 5.11 Å². The Morgan fingerprint density at radius 2 is 2.17 bits per heavy atom. The fourth-order valence-corrected chi connectivity index (χ4v) is 2.93. The molecule has 1 heterocycles. The number of hydrogen-bond donors (Lipinski definition) is 2. The van der Waals surface area contributed by atoms with Crippen molar-refractivity contribution in [2.45, 2.75) is 19.1 Å². The Morgan fingerprint density at radius 3 is 2.83 bits per heavy atom. The molecule has 0 bridgehead atoms. The van der Waals surface area contributed by atoms with Crippen molar-refractivity contribution in [1.29, 1.82) is 0 Å². The summed E-state index contributed by atoms with van der Waals surface area (Å²) in [5, 5.41) is 17.7. The van der Waals surface area contributed by atoms with Crippen LogP contribution < -0.4 is 5.32 Å². The third kappa shape index (κ3) is 3.65. The lowest BCUT2D eigenvalue weighted by atomic mass is 10.1. The van der Waals surface area contributed by atoms with Gasteiger partial charge in [-0.3, -0.25) is 0 Å². The number of hydrogen-bond acceptors (Lipinski definition) is 3. The van der Waals surface area contributed by atoms with Crippen LogP contribution in [-0.2, 0) is 0 Å². The maximum absolute atomic E-state index is 10.1. The van der Waals surface area contributed by atoms with Crippen LogP contribution in [0.3, 0.4) is 0 Å². The Labute approximate surface area is 120 Å².